The van der Waals surface area contributed by atoms with Gasteiger partial charge in [0.05, 0.1) is 11.5 Å². The number of ether oxygens (including phenoxy) is 2. The zero-order valence-electron chi connectivity index (χ0n) is 22.6. The molecule has 0 saturated carbocycles. The Labute approximate surface area is 225 Å². The van der Waals surface area contributed by atoms with Crippen molar-refractivity contribution in [2.45, 2.75) is 65.8 Å². The Kier molecular flexibility index (Phi) is 8.33. The number of hydrogen-bond acceptors (Lipinski definition) is 5. The number of esters is 1. The van der Waals surface area contributed by atoms with Gasteiger partial charge in [0.25, 0.3) is 0 Å². The Morgan fingerprint density at radius 2 is 1.54 bits per heavy atom. The molecular weight excluding hydrogens is 513 g/mol. The maximum Gasteiger partial charge on any atom is 0.419 e. The number of rotatable bonds is 7. The molecule has 0 aromatic heterocycles. The van der Waals surface area contributed by atoms with Crippen molar-refractivity contribution in [3.63, 3.8) is 0 Å². The van der Waals surface area contributed by atoms with E-state index in [1.165, 1.54) is 0 Å². The second-order valence-electron chi connectivity index (χ2n) is 10.3. The van der Waals surface area contributed by atoms with Crippen molar-refractivity contribution in [2.24, 2.45) is 0 Å². The Morgan fingerprint density at radius 1 is 0.923 bits per heavy atom. The number of phenols is 1. The summed E-state index contributed by atoms with van der Waals surface area (Å²) in [6.45, 7) is 9.85. The average Bonchev–Trinajstić information content (AvgIpc) is 2.82. The van der Waals surface area contributed by atoms with Gasteiger partial charge in [0.2, 0.25) is 0 Å². The first kappa shape index (κ1) is 29.5. The maximum atomic E-state index is 13.4. The molecule has 0 aliphatic rings. The van der Waals surface area contributed by atoms with E-state index in [9.17, 15) is 33.0 Å². The van der Waals surface area contributed by atoms with Crippen molar-refractivity contribution in [1.82, 2.24) is 0 Å². The summed E-state index contributed by atoms with van der Waals surface area (Å²) in [4.78, 5) is 24.1. The van der Waals surface area contributed by atoms with Crippen LogP contribution in [0.25, 0.3) is 11.1 Å². The van der Waals surface area contributed by atoms with Gasteiger partial charge in [-0.05, 0) is 87.6 Å². The Hall–Kier alpha value is -4.01. The lowest BCUT2D eigenvalue weighted by molar-refractivity contribution is -0.139. The van der Waals surface area contributed by atoms with Crippen LogP contribution in [-0.2, 0) is 22.3 Å². The topological polar surface area (TPSA) is 93.1 Å². The summed E-state index contributed by atoms with van der Waals surface area (Å²) in [6.07, 6.45) is -4.86. The summed E-state index contributed by atoms with van der Waals surface area (Å²) >= 11 is 0. The van der Waals surface area contributed by atoms with E-state index in [0.717, 1.165) is 33.9 Å². The first-order chi connectivity index (χ1) is 18.0. The van der Waals surface area contributed by atoms with Gasteiger partial charge in [-0.25, -0.2) is 4.79 Å². The number of carboxylic acid groups (broad SMARTS) is 1. The third kappa shape index (κ3) is 6.71. The minimum absolute atomic E-state index is 0.0356. The van der Waals surface area contributed by atoms with Gasteiger partial charge >= 0.3 is 18.1 Å². The van der Waals surface area contributed by atoms with Gasteiger partial charge in [-0.2, -0.15) is 13.2 Å². The fourth-order valence-electron chi connectivity index (χ4n) is 4.19. The van der Waals surface area contributed by atoms with E-state index in [2.05, 4.69) is 0 Å². The molecule has 1 atom stereocenters. The van der Waals surface area contributed by atoms with Gasteiger partial charge in [-0.3, -0.25) is 4.79 Å². The second kappa shape index (κ2) is 11.0. The molecule has 39 heavy (non-hydrogen) atoms. The fraction of sp³-hybridized carbons (Fsp3) is 0.333. The standard InChI is InChI=1S/C30H31F3O6/c1-16-17(2)23(13-12-22(16)18(3)27(35)36)19-7-10-21(11-8-19)38-15-20-9-14-24(30(31,32)33)26(34)25(20)28(37)39-29(4,5)6/h7-14,18,34H,15H2,1-6H3,(H,35,36). The summed E-state index contributed by atoms with van der Waals surface area (Å²) in [5, 5.41) is 19.7. The minimum Gasteiger partial charge on any atom is -0.506 e. The third-order valence-electron chi connectivity index (χ3n) is 6.40. The highest BCUT2D eigenvalue weighted by molar-refractivity contribution is 5.95. The predicted molar refractivity (Wildman–Crippen MR) is 140 cm³/mol. The first-order valence-electron chi connectivity index (χ1n) is 12.2. The number of alkyl halides is 3. The molecule has 6 nitrogen and oxygen atoms in total. The third-order valence-corrected chi connectivity index (χ3v) is 6.40. The Morgan fingerprint density at radius 3 is 2.08 bits per heavy atom. The van der Waals surface area contributed by atoms with Crippen molar-refractivity contribution in [1.29, 1.82) is 0 Å². The number of hydrogen-bond donors (Lipinski definition) is 2. The minimum atomic E-state index is -4.86. The smallest absolute Gasteiger partial charge is 0.419 e. The van der Waals surface area contributed by atoms with Crippen LogP contribution in [0, 0.1) is 13.8 Å². The lowest BCUT2D eigenvalue weighted by Gasteiger charge is -2.22. The van der Waals surface area contributed by atoms with Crippen molar-refractivity contribution in [3.8, 4) is 22.6 Å². The van der Waals surface area contributed by atoms with Crippen molar-refractivity contribution in [2.75, 3.05) is 0 Å². The average molecular weight is 545 g/mol. The number of benzene rings is 3. The predicted octanol–water partition coefficient (Wildman–Crippen LogP) is 7.42. The Bertz CT molecular complexity index is 1390. The molecule has 0 saturated heterocycles. The van der Waals surface area contributed by atoms with Crippen LogP contribution in [0.5, 0.6) is 11.5 Å². The van der Waals surface area contributed by atoms with E-state index >= 15 is 0 Å². The number of carbonyl (C=O) groups is 2. The second-order valence-corrected chi connectivity index (χ2v) is 10.3. The summed E-state index contributed by atoms with van der Waals surface area (Å²) in [5.41, 5.74) is 1.45. The molecule has 2 N–H and O–H groups in total. The van der Waals surface area contributed by atoms with Gasteiger partial charge < -0.3 is 19.7 Å². The molecule has 0 bridgehead atoms. The quantitative estimate of drug-likeness (QED) is 0.301. The summed E-state index contributed by atoms with van der Waals surface area (Å²) < 4.78 is 51.1. The zero-order valence-corrected chi connectivity index (χ0v) is 22.6. The molecule has 0 aliphatic heterocycles. The molecule has 1 unspecified atom stereocenters. The number of carboxylic acids is 1. The van der Waals surface area contributed by atoms with Gasteiger partial charge in [0.15, 0.2) is 0 Å². The molecule has 0 amide bonds. The van der Waals surface area contributed by atoms with Crippen LogP contribution >= 0.6 is 0 Å². The van der Waals surface area contributed by atoms with Crippen molar-refractivity contribution in [3.05, 3.63) is 81.9 Å². The molecule has 0 fully saturated rings. The highest BCUT2D eigenvalue weighted by Gasteiger charge is 2.37. The molecule has 0 heterocycles. The highest BCUT2D eigenvalue weighted by Crippen LogP contribution is 2.40. The van der Waals surface area contributed by atoms with Crippen molar-refractivity contribution >= 4 is 11.9 Å². The van der Waals surface area contributed by atoms with Gasteiger partial charge in [-0.15, -0.1) is 0 Å². The van der Waals surface area contributed by atoms with Crippen LogP contribution in [-0.4, -0.2) is 27.8 Å². The molecule has 3 rings (SSSR count). The monoisotopic (exact) mass is 544 g/mol. The summed E-state index contributed by atoms with van der Waals surface area (Å²) in [5.74, 6) is -3.45. The van der Waals surface area contributed by atoms with Crippen LogP contribution in [0.15, 0.2) is 48.5 Å². The first-order valence-corrected chi connectivity index (χ1v) is 12.2. The zero-order chi connectivity index (χ0) is 29.3. The van der Waals surface area contributed by atoms with E-state index in [1.54, 1.807) is 58.0 Å². The van der Waals surface area contributed by atoms with E-state index < -0.39 is 46.5 Å². The normalized spacial score (nSPS) is 12.6. The van der Waals surface area contributed by atoms with E-state index in [0.29, 0.717) is 11.8 Å². The highest BCUT2D eigenvalue weighted by atomic mass is 19.4. The van der Waals surface area contributed by atoms with E-state index in [4.69, 9.17) is 9.47 Å². The maximum absolute atomic E-state index is 13.4. The lowest BCUT2D eigenvalue weighted by Crippen LogP contribution is -2.25. The van der Waals surface area contributed by atoms with Crippen LogP contribution in [0.2, 0.25) is 0 Å². The lowest BCUT2D eigenvalue weighted by atomic mass is 9.88. The SMILES string of the molecule is Cc1c(-c2ccc(OCc3ccc(C(F)(F)F)c(O)c3C(=O)OC(C)(C)C)cc2)ccc(C(C)C(=O)O)c1C. The fourth-order valence-corrected chi connectivity index (χ4v) is 4.19. The van der Waals surface area contributed by atoms with Crippen LogP contribution in [0.4, 0.5) is 13.2 Å². The van der Waals surface area contributed by atoms with Crippen LogP contribution < -0.4 is 4.74 Å². The molecule has 0 aliphatic carbocycles. The van der Waals surface area contributed by atoms with Crippen LogP contribution in [0.1, 0.15) is 71.8 Å². The van der Waals surface area contributed by atoms with Gasteiger partial charge in [-0.1, -0.05) is 30.3 Å². The summed E-state index contributed by atoms with van der Waals surface area (Å²) in [7, 11) is 0. The largest absolute Gasteiger partial charge is 0.506 e. The molecule has 3 aromatic rings. The number of halogens is 3. The number of aliphatic carboxylic acids is 1. The molecule has 0 spiro atoms. The van der Waals surface area contributed by atoms with E-state index in [-0.39, 0.29) is 12.2 Å². The number of aromatic hydroxyl groups is 1. The molecular formula is C30H31F3O6. The molecule has 208 valence electrons. The molecule has 9 heteroatoms. The molecule has 0 radical (unpaired) electrons. The van der Waals surface area contributed by atoms with Crippen LogP contribution in [0.3, 0.4) is 0 Å². The van der Waals surface area contributed by atoms with Crippen molar-refractivity contribution < 1.29 is 42.4 Å². The molecule has 3 aromatic carbocycles. The van der Waals surface area contributed by atoms with Gasteiger partial charge in [0.1, 0.15) is 29.3 Å². The number of carbonyl (C=O) groups excluding carboxylic acids is 1. The van der Waals surface area contributed by atoms with Gasteiger partial charge in [0, 0.05) is 5.56 Å². The number of phenolic OH excluding ortho intramolecular Hbond substituents is 1. The summed E-state index contributed by atoms with van der Waals surface area (Å²) in [6, 6.07) is 12.4. The van der Waals surface area contributed by atoms with E-state index in [1.807, 2.05) is 19.9 Å². The Balaban J connectivity index is 1.87.